The van der Waals surface area contributed by atoms with Crippen LogP contribution in [0.2, 0.25) is 0 Å². The Bertz CT molecular complexity index is 1010. The molecule has 3 rings (SSSR count). The minimum atomic E-state index is -0.345. The van der Waals surface area contributed by atoms with Crippen molar-refractivity contribution in [3.63, 3.8) is 0 Å². The molecule has 1 amide bonds. The Balaban J connectivity index is 2.02. The summed E-state index contributed by atoms with van der Waals surface area (Å²) in [4.78, 5) is 29.9. The Hall–Kier alpha value is -2.19. The van der Waals surface area contributed by atoms with Crippen LogP contribution in [0.15, 0.2) is 9.70 Å². The van der Waals surface area contributed by atoms with Crippen LogP contribution in [0.1, 0.15) is 30.0 Å². The number of ether oxygens (including phenoxy) is 2. The average molecular weight is 463 g/mol. The van der Waals surface area contributed by atoms with E-state index in [9.17, 15) is 14.9 Å². The number of hydrogen-bond acceptors (Lipinski definition) is 8. The Labute approximate surface area is 191 Å². The summed E-state index contributed by atoms with van der Waals surface area (Å²) in [5.74, 6) is 0.526. The lowest BCUT2D eigenvalue weighted by Crippen LogP contribution is -2.40. The molecular formula is C21H26N4O4S2. The molecule has 2 aliphatic heterocycles. The van der Waals surface area contributed by atoms with Crippen LogP contribution in [0.4, 0.5) is 5.82 Å². The molecule has 0 radical (unpaired) electrons. The topological polar surface area (TPSA) is 87.8 Å². The number of nitrogens with zero attached hydrogens (tertiary/aromatic N) is 4. The number of morpholine rings is 1. The van der Waals surface area contributed by atoms with E-state index in [2.05, 4.69) is 4.90 Å². The number of carbonyl (C=O) groups is 1. The summed E-state index contributed by atoms with van der Waals surface area (Å²) < 4.78 is 12.8. The number of thiocarbonyl (C=S) groups is 1. The van der Waals surface area contributed by atoms with E-state index in [4.69, 9.17) is 21.7 Å². The van der Waals surface area contributed by atoms with E-state index < -0.39 is 0 Å². The van der Waals surface area contributed by atoms with Crippen molar-refractivity contribution in [2.75, 3.05) is 51.0 Å². The highest BCUT2D eigenvalue weighted by molar-refractivity contribution is 8.26. The molecule has 166 valence electrons. The first-order chi connectivity index (χ1) is 14.9. The van der Waals surface area contributed by atoms with Gasteiger partial charge < -0.3 is 14.4 Å². The van der Waals surface area contributed by atoms with Crippen LogP contribution < -0.4 is 10.5 Å². The van der Waals surface area contributed by atoms with Gasteiger partial charge in [0.1, 0.15) is 21.8 Å². The predicted molar refractivity (Wildman–Crippen MR) is 125 cm³/mol. The lowest BCUT2D eigenvalue weighted by molar-refractivity contribution is -0.122. The standard InChI is InChI=1S/C21H26N4O4S2/c1-4-28-9-5-6-25-20(27)17(31-21(25)30)12-15-14(2)16(13-22)19(26)23(3)18(15)24-7-10-29-11-8-24/h12H,4-11H2,1-3H3/b17-12-. The summed E-state index contributed by atoms with van der Waals surface area (Å²) in [7, 11) is 1.66. The number of hydrogen-bond donors (Lipinski definition) is 0. The maximum absolute atomic E-state index is 13.0. The molecule has 31 heavy (non-hydrogen) atoms. The maximum Gasteiger partial charge on any atom is 0.270 e. The van der Waals surface area contributed by atoms with Crippen molar-refractivity contribution in [2.45, 2.75) is 20.3 Å². The second-order valence-corrected chi connectivity index (χ2v) is 8.87. The van der Waals surface area contributed by atoms with E-state index in [1.807, 2.05) is 13.0 Å². The number of rotatable bonds is 7. The van der Waals surface area contributed by atoms with Crippen LogP contribution in [0.3, 0.4) is 0 Å². The zero-order valence-electron chi connectivity index (χ0n) is 18.0. The van der Waals surface area contributed by atoms with Gasteiger partial charge in [-0.2, -0.15) is 5.26 Å². The fraction of sp³-hybridized carbons (Fsp3) is 0.524. The molecule has 10 heteroatoms. The Morgan fingerprint density at radius 2 is 2.03 bits per heavy atom. The molecule has 0 unspecified atom stereocenters. The van der Waals surface area contributed by atoms with Gasteiger partial charge in [-0.3, -0.25) is 19.1 Å². The van der Waals surface area contributed by atoms with Gasteiger partial charge in [0.25, 0.3) is 11.5 Å². The largest absolute Gasteiger partial charge is 0.382 e. The first-order valence-electron chi connectivity index (χ1n) is 10.2. The molecule has 1 aromatic rings. The van der Waals surface area contributed by atoms with E-state index >= 15 is 0 Å². The lowest BCUT2D eigenvalue weighted by Gasteiger charge is -2.32. The molecule has 8 nitrogen and oxygen atoms in total. The van der Waals surface area contributed by atoms with Crippen LogP contribution in [-0.4, -0.2) is 65.8 Å². The molecule has 0 aliphatic carbocycles. The normalized spacial score (nSPS) is 18.2. The zero-order chi connectivity index (χ0) is 22.5. The first-order valence-corrected chi connectivity index (χ1v) is 11.4. The van der Waals surface area contributed by atoms with Crippen LogP contribution >= 0.6 is 24.0 Å². The zero-order valence-corrected chi connectivity index (χ0v) is 19.6. The highest BCUT2D eigenvalue weighted by Gasteiger charge is 2.33. The molecule has 0 saturated carbocycles. The van der Waals surface area contributed by atoms with Crippen molar-refractivity contribution in [3.8, 4) is 6.07 Å². The Morgan fingerprint density at radius 3 is 2.68 bits per heavy atom. The maximum atomic E-state index is 13.0. The molecular weight excluding hydrogens is 436 g/mol. The SMILES string of the molecule is CCOCCCN1C(=O)/C(=C/c2c(C)c(C#N)c(=O)n(C)c2N2CCOCC2)SC1=S. The highest BCUT2D eigenvalue weighted by atomic mass is 32.2. The van der Waals surface area contributed by atoms with E-state index in [1.54, 1.807) is 24.9 Å². The van der Waals surface area contributed by atoms with Crippen LogP contribution in [0.5, 0.6) is 0 Å². The average Bonchev–Trinajstić information content (AvgIpc) is 3.03. The van der Waals surface area contributed by atoms with Gasteiger partial charge in [-0.25, -0.2) is 0 Å². The molecule has 3 heterocycles. The third kappa shape index (κ3) is 4.85. The Kier molecular flexibility index (Phi) is 7.89. The molecule has 0 atom stereocenters. The number of amides is 1. The van der Waals surface area contributed by atoms with Crippen molar-refractivity contribution < 1.29 is 14.3 Å². The summed E-state index contributed by atoms with van der Waals surface area (Å²) >= 11 is 6.67. The summed E-state index contributed by atoms with van der Waals surface area (Å²) in [5.41, 5.74) is 0.990. The molecule has 0 spiro atoms. The number of nitriles is 1. The van der Waals surface area contributed by atoms with E-state index in [-0.39, 0.29) is 17.0 Å². The smallest absolute Gasteiger partial charge is 0.270 e. The van der Waals surface area contributed by atoms with Crippen LogP contribution in [0, 0.1) is 18.3 Å². The minimum absolute atomic E-state index is 0.0814. The second kappa shape index (κ2) is 10.4. The number of carbonyl (C=O) groups excluding carboxylic acids is 1. The summed E-state index contributed by atoms with van der Waals surface area (Å²) in [5, 5.41) is 9.56. The lowest BCUT2D eigenvalue weighted by atomic mass is 10.0. The van der Waals surface area contributed by atoms with E-state index in [1.165, 1.54) is 16.3 Å². The van der Waals surface area contributed by atoms with Crippen molar-refractivity contribution in [1.82, 2.24) is 9.47 Å². The van der Waals surface area contributed by atoms with E-state index in [0.29, 0.717) is 78.7 Å². The summed E-state index contributed by atoms with van der Waals surface area (Å²) in [6.45, 7) is 7.72. The molecule has 2 fully saturated rings. The van der Waals surface area contributed by atoms with Crippen molar-refractivity contribution in [1.29, 1.82) is 5.26 Å². The molecule has 2 aliphatic rings. The number of anilines is 1. The molecule has 0 N–H and O–H groups in total. The predicted octanol–water partition coefficient (Wildman–Crippen LogP) is 2.03. The quantitative estimate of drug-likeness (QED) is 0.346. The third-order valence-electron chi connectivity index (χ3n) is 5.30. The fourth-order valence-corrected chi connectivity index (χ4v) is 4.95. The van der Waals surface area contributed by atoms with Gasteiger partial charge in [-0.1, -0.05) is 24.0 Å². The number of aromatic nitrogens is 1. The van der Waals surface area contributed by atoms with Crippen molar-refractivity contribution >= 4 is 46.1 Å². The second-order valence-electron chi connectivity index (χ2n) is 7.20. The van der Waals surface area contributed by atoms with Crippen molar-refractivity contribution in [2.24, 2.45) is 7.05 Å². The molecule has 1 aromatic heterocycles. The van der Waals surface area contributed by atoms with Crippen LogP contribution in [0.25, 0.3) is 6.08 Å². The van der Waals surface area contributed by atoms with Gasteiger partial charge in [0, 0.05) is 45.5 Å². The number of thioether (sulfide) groups is 1. The minimum Gasteiger partial charge on any atom is -0.382 e. The molecule has 0 aromatic carbocycles. The Morgan fingerprint density at radius 1 is 1.32 bits per heavy atom. The van der Waals surface area contributed by atoms with Gasteiger partial charge in [0.15, 0.2) is 0 Å². The molecule has 2 saturated heterocycles. The highest BCUT2D eigenvalue weighted by Crippen LogP contribution is 2.35. The fourth-order valence-electron chi connectivity index (χ4n) is 3.66. The van der Waals surface area contributed by atoms with Gasteiger partial charge in [0.05, 0.1) is 18.1 Å². The van der Waals surface area contributed by atoms with Gasteiger partial charge in [0.2, 0.25) is 0 Å². The van der Waals surface area contributed by atoms with E-state index in [0.717, 1.165) is 0 Å². The van der Waals surface area contributed by atoms with Crippen LogP contribution in [-0.2, 0) is 21.3 Å². The van der Waals surface area contributed by atoms with Gasteiger partial charge in [-0.15, -0.1) is 0 Å². The van der Waals surface area contributed by atoms with Gasteiger partial charge in [-0.05, 0) is 31.9 Å². The molecule has 0 bridgehead atoms. The number of pyridine rings is 1. The summed E-state index contributed by atoms with van der Waals surface area (Å²) in [6, 6.07) is 2.02. The first kappa shape index (κ1) is 23.5. The van der Waals surface area contributed by atoms with Gasteiger partial charge >= 0.3 is 0 Å². The monoisotopic (exact) mass is 462 g/mol. The van der Waals surface area contributed by atoms with Crippen molar-refractivity contribution in [3.05, 3.63) is 31.9 Å². The summed E-state index contributed by atoms with van der Waals surface area (Å²) in [6.07, 6.45) is 2.46. The third-order valence-corrected chi connectivity index (χ3v) is 6.68.